The second-order valence-electron chi connectivity index (χ2n) is 3.15. The van der Waals surface area contributed by atoms with E-state index in [1.807, 2.05) is 0 Å². The highest BCUT2D eigenvalue weighted by atomic mass is 35.5. The number of halogens is 2. The zero-order valence-corrected chi connectivity index (χ0v) is 10.3. The second kappa shape index (κ2) is 4.81. The Balaban J connectivity index is 2.43. The number of methoxy groups -OCH3 is 1. The Hall–Kier alpha value is -1.46. The van der Waals surface area contributed by atoms with Gasteiger partial charge in [0.05, 0.1) is 13.3 Å². The Bertz CT molecular complexity index is 570. The van der Waals surface area contributed by atoms with Crippen LogP contribution in [0.15, 0.2) is 24.4 Å². The number of thiazole rings is 1. The molecular weight excluding hydrogens is 265 g/mol. The summed E-state index contributed by atoms with van der Waals surface area (Å²) in [5.74, 6) is -0.920. The zero-order chi connectivity index (χ0) is 12.4. The molecule has 2 rings (SSSR count). The van der Waals surface area contributed by atoms with E-state index in [-0.39, 0.29) is 5.56 Å². The van der Waals surface area contributed by atoms with Crippen LogP contribution in [0.4, 0.5) is 4.39 Å². The molecule has 0 spiro atoms. The SMILES string of the molecule is COC(=O)c1cnc(-c2cc(Cl)ccc2F)s1. The van der Waals surface area contributed by atoms with E-state index in [0.717, 1.165) is 11.3 Å². The van der Waals surface area contributed by atoms with E-state index in [2.05, 4.69) is 9.72 Å². The van der Waals surface area contributed by atoms with Crippen molar-refractivity contribution >= 4 is 28.9 Å². The first-order chi connectivity index (χ1) is 8.11. The van der Waals surface area contributed by atoms with E-state index in [1.54, 1.807) is 0 Å². The van der Waals surface area contributed by atoms with Crippen molar-refractivity contribution in [3.8, 4) is 10.6 Å². The molecule has 1 heterocycles. The smallest absolute Gasteiger partial charge is 0.349 e. The normalized spacial score (nSPS) is 10.3. The first-order valence-electron chi connectivity index (χ1n) is 4.61. The number of nitrogens with zero attached hydrogens (tertiary/aromatic N) is 1. The van der Waals surface area contributed by atoms with Gasteiger partial charge >= 0.3 is 5.97 Å². The molecule has 0 aliphatic carbocycles. The van der Waals surface area contributed by atoms with Crippen LogP contribution in [-0.4, -0.2) is 18.1 Å². The van der Waals surface area contributed by atoms with Crippen LogP contribution in [0, 0.1) is 5.82 Å². The van der Waals surface area contributed by atoms with Gasteiger partial charge in [-0.05, 0) is 18.2 Å². The Morgan fingerprint density at radius 1 is 1.53 bits per heavy atom. The van der Waals surface area contributed by atoms with E-state index in [9.17, 15) is 9.18 Å². The van der Waals surface area contributed by atoms with Crippen molar-refractivity contribution in [2.75, 3.05) is 7.11 Å². The highest BCUT2D eigenvalue weighted by Crippen LogP contribution is 2.29. The minimum Gasteiger partial charge on any atom is -0.465 e. The van der Waals surface area contributed by atoms with Crippen molar-refractivity contribution in [2.45, 2.75) is 0 Å². The Morgan fingerprint density at radius 2 is 2.29 bits per heavy atom. The lowest BCUT2D eigenvalue weighted by molar-refractivity contribution is 0.0606. The van der Waals surface area contributed by atoms with Crippen LogP contribution in [0.5, 0.6) is 0 Å². The maximum atomic E-state index is 13.5. The van der Waals surface area contributed by atoms with E-state index in [0.29, 0.717) is 14.9 Å². The molecule has 0 radical (unpaired) electrons. The molecule has 88 valence electrons. The monoisotopic (exact) mass is 271 g/mol. The predicted molar refractivity (Wildman–Crippen MR) is 63.9 cm³/mol. The lowest BCUT2D eigenvalue weighted by Crippen LogP contribution is -1.96. The van der Waals surface area contributed by atoms with Crippen molar-refractivity contribution in [1.82, 2.24) is 4.98 Å². The van der Waals surface area contributed by atoms with Gasteiger partial charge in [-0.15, -0.1) is 11.3 Å². The molecule has 0 unspecified atom stereocenters. The van der Waals surface area contributed by atoms with Crippen molar-refractivity contribution < 1.29 is 13.9 Å². The molecular formula is C11H7ClFNO2S. The summed E-state index contributed by atoms with van der Waals surface area (Å²) in [4.78, 5) is 15.5. The van der Waals surface area contributed by atoms with Gasteiger partial charge in [0.1, 0.15) is 15.7 Å². The molecule has 0 saturated carbocycles. The van der Waals surface area contributed by atoms with Crippen LogP contribution >= 0.6 is 22.9 Å². The van der Waals surface area contributed by atoms with Gasteiger partial charge in [-0.25, -0.2) is 14.2 Å². The highest BCUT2D eigenvalue weighted by molar-refractivity contribution is 7.16. The summed E-state index contributed by atoms with van der Waals surface area (Å²) in [6, 6.07) is 4.18. The summed E-state index contributed by atoms with van der Waals surface area (Å²) in [6.45, 7) is 0. The average Bonchev–Trinajstić information content (AvgIpc) is 2.80. The minimum atomic E-state index is -0.490. The van der Waals surface area contributed by atoms with Crippen molar-refractivity contribution in [1.29, 1.82) is 0 Å². The van der Waals surface area contributed by atoms with Gasteiger partial charge in [0.2, 0.25) is 0 Å². The summed E-state index contributed by atoms with van der Waals surface area (Å²) < 4.78 is 18.1. The number of ether oxygens (including phenoxy) is 1. The Labute approximate surface area is 106 Å². The lowest BCUT2D eigenvalue weighted by atomic mass is 10.2. The molecule has 0 N–H and O–H groups in total. The first-order valence-corrected chi connectivity index (χ1v) is 5.81. The molecule has 1 aromatic carbocycles. The number of benzene rings is 1. The number of hydrogen-bond acceptors (Lipinski definition) is 4. The standard InChI is InChI=1S/C11H7ClFNO2S/c1-16-11(15)9-5-14-10(17-9)7-4-6(12)2-3-8(7)13/h2-5H,1H3. The van der Waals surface area contributed by atoms with E-state index < -0.39 is 11.8 Å². The van der Waals surface area contributed by atoms with Gasteiger partial charge in [0, 0.05) is 10.6 Å². The van der Waals surface area contributed by atoms with Gasteiger partial charge in [-0.1, -0.05) is 11.6 Å². The second-order valence-corrected chi connectivity index (χ2v) is 4.61. The molecule has 0 bridgehead atoms. The Kier molecular flexibility index (Phi) is 3.40. The molecule has 0 saturated heterocycles. The van der Waals surface area contributed by atoms with E-state index >= 15 is 0 Å². The number of esters is 1. The third-order valence-corrected chi connectivity index (χ3v) is 3.30. The van der Waals surface area contributed by atoms with Gasteiger partial charge < -0.3 is 4.74 Å². The minimum absolute atomic E-state index is 0.276. The summed E-state index contributed by atoms with van der Waals surface area (Å²) in [5.41, 5.74) is 0.276. The van der Waals surface area contributed by atoms with Gasteiger partial charge in [-0.2, -0.15) is 0 Å². The van der Waals surface area contributed by atoms with Crippen LogP contribution in [0.3, 0.4) is 0 Å². The quantitative estimate of drug-likeness (QED) is 0.786. The first kappa shape index (κ1) is 12.0. The van der Waals surface area contributed by atoms with Gasteiger partial charge in [0.25, 0.3) is 0 Å². The third kappa shape index (κ3) is 2.45. The fraction of sp³-hybridized carbons (Fsp3) is 0.0909. The largest absolute Gasteiger partial charge is 0.465 e. The number of hydrogen-bond donors (Lipinski definition) is 0. The lowest BCUT2D eigenvalue weighted by Gasteiger charge is -1.99. The van der Waals surface area contributed by atoms with Crippen LogP contribution in [-0.2, 0) is 4.74 Å². The average molecular weight is 272 g/mol. The molecule has 0 aliphatic heterocycles. The molecule has 1 aromatic heterocycles. The number of rotatable bonds is 2. The summed E-state index contributed by atoms with van der Waals surface area (Å²) in [5, 5.41) is 0.807. The fourth-order valence-electron chi connectivity index (χ4n) is 1.25. The van der Waals surface area contributed by atoms with Crippen molar-refractivity contribution in [3.63, 3.8) is 0 Å². The third-order valence-electron chi connectivity index (χ3n) is 2.05. The number of carbonyl (C=O) groups excluding carboxylic acids is 1. The highest BCUT2D eigenvalue weighted by Gasteiger charge is 2.14. The molecule has 2 aromatic rings. The summed E-state index contributed by atoms with van der Waals surface area (Å²) >= 11 is 6.84. The molecule has 0 amide bonds. The summed E-state index contributed by atoms with van der Waals surface area (Å²) in [6.07, 6.45) is 1.35. The molecule has 0 aliphatic rings. The topological polar surface area (TPSA) is 39.2 Å². The van der Waals surface area contributed by atoms with Crippen LogP contribution < -0.4 is 0 Å². The zero-order valence-electron chi connectivity index (χ0n) is 8.74. The van der Waals surface area contributed by atoms with Crippen LogP contribution in [0.2, 0.25) is 5.02 Å². The molecule has 0 atom stereocenters. The maximum Gasteiger partial charge on any atom is 0.349 e. The van der Waals surface area contributed by atoms with Crippen LogP contribution in [0.25, 0.3) is 10.6 Å². The Morgan fingerprint density at radius 3 is 3.00 bits per heavy atom. The molecule has 6 heteroatoms. The number of aromatic nitrogens is 1. The predicted octanol–water partition coefficient (Wildman–Crippen LogP) is 3.39. The van der Waals surface area contributed by atoms with Crippen molar-refractivity contribution in [2.24, 2.45) is 0 Å². The maximum absolute atomic E-state index is 13.5. The number of carbonyl (C=O) groups is 1. The fourth-order valence-corrected chi connectivity index (χ4v) is 2.28. The summed E-state index contributed by atoms with van der Waals surface area (Å²) in [7, 11) is 1.28. The molecule has 3 nitrogen and oxygen atoms in total. The van der Waals surface area contributed by atoms with E-state index in [4.69, 9.17) is 11.6 Å². The van der Waals surface area contributed by atoms with Crippen molar-refractivity contribution in [3.05, 3.63) is 40.1 Å². The van der Waals surface area contributed by atoms with Crippen LogP contribution in [0.1, 0.15) is 9.67 Å². The molecule has 17 heavy (non-hydrogen) atoms. The molecule has 0 fully saturated rings. The van der Waals surface area contributed by atoms with Gasteiger partial charge in [-0.3, -0.25) is 0 Å². The van der Waals surface area contributed by atoms with Gasteiger partial charge in [0.15, 0.2) is 0 Å². The van der Waals surface area contributed by atoms with E-state index in [1.165, 1.54) is 31.5 Å².